The molecule has 1 aromatic carbocycles. The Bertz CT molecular complexity index is 656. The van der Waals surface area contributed by atoms with E-state index in [4.69, 9.17) is 9.47 Å². The van der Waals surface area contributed by atoms with E-state index in [2.05, 4.69) is 5.32 Å². The van der Waals surface area contributed by atoms with Crippen LogP contribution in [0.15, 0.2) is 23.1 Å². The topological polar surface area (TPSA) is 84.9 Å². The first-order valence-corrected chi connectivity index (χ1v) is 9.23. The van der Waals surface area contributed by atoms with Crippen LogP contribution in [0.1, 0.15) is 31.1 Å². The van der Waals surface area contributed by atoms with Crippen molar-refractivity contribution >= 4 is 15.9 Å². The van der Waals surface area contributed by atoms with Crippen molar-refractivity contribution < 1.29 is 22.7 Å². The predicted molar refractivity (Wildman–Crippen MR) is 91.9 cm³/mol. The van der Waals surface area contributed by atoms with Crippen molar-refractivity contribution in [2.24, 2.45) is 0 Å². The molecule has 0 heterocycles. The number of hydrogen-bond donors (Lipinski definition) is 1. The zero-order valence-electron chi connectivity index (χ0n) is 14.8. The molecule has 0 aliphatic rings. The highest BCUT2D eigenvalue weighted by atomic mass is 32.2. The molecule has 0 fully saturated rings. The van der Waals surface area contributed by atoms with Crippen LogP contribution < -0.4 is 10.1 Å². The lowest BCUT2D eigenvalue weighted by Gasteiger charge is -2.20. The Morgan fingerprint density at radius 3 is 2.38 bits per heavy atom. The van der Waals surface area contributed by atoms with Crippen molar-refractivity contribution in [1.29, 1.82) is 0 Å². The van der Waals surface area contributed by atoms with Gasteiger partial charge in [0, 0.05) is 31.8 Å². The van der Waals surface area contributed by atoms with Crippen LogP contribution in [0.25, 0.3) is 0 Å². The number of rotatable bonds is 9. The fraction of sp³-hybridized carbons (Fsp3) is 0.562. The molecule has 1 rings (SSSR count). The lowest BCUT2D eigenvalue weighted by molar-refractivity contribution is 0.0905. The third-order valence-electron chi connectivity index (χ3n) is 3.54. The van der Waals surface area contributed by atoms with Crippen molar-refractivity contribution in [2.75, 3.05) is 33.9 Å². The maximum atomic E-state index is 12.8. The molecule has 0 saturated heterocycles. The largest absolute Gasteiger partial charge is 0.495 e. The fourth-order valence-corrected chi connectivity index (χ4v) is 3.96. The standard InChI is InChI=1S/C16H26N2O5S/c1-6-18(7-2)24(20,21)15-10-13(8-9-14(15)23-5)16(19)17-12(3)11-22-4/h8-10,12H,6-7,11H2,1-5H3,(H,17,19)/t12-/m0/s1. The third kappa shape index (κ3) is 4.68. The summed E-state index contributed by atoms with van der Waals surface area (Å²) in [5.41, 5.74) is 0.254. The first-order valence-electron chi connectivity index (χ1n) is 7.79. The van der Waals surface area contributed by atoms with Gasteiger partial charge in [0.15, 0.2) is 0 Å². The number of carbonyl (C=O) groups is 1. The minimum absolute atomic E-state index is 0.0132. The molecule has 1 aromatic rings. The number of amides is 1. The summed E-state index contributed by atoms with van der Waals surface area (Å²) < 4.78 is 37.0. The molecule has 0 bridgehead atoms. The lowest BCUT2D eigenvalue weighted by atomic mass is 10.2. The maximum Gasteiger partial charge on any atom is 0.251 e. The molecule has 1 amide bonds. The van der Waals surface area contributed by atoms with Crippen molar-refractivity contribution in [3.8, 4) is 5.75 Å². The SMILES string of the molecule is CCN(CC)S(=O)(=O)c1cc(C(=O)N[C@@H](C)COC)ccc1OC. The van der Waals surface area contributed by atoms with Gasteiger partial charge in [-0.1, -0.05) is 13.8 Å². The summed E-state index contributed by atoms with van der Waals surface area (Å²) in [5.74, 6) is -0.151. The number of nitrogens with zero attached hydrogens (tertiary/aromatic N) is 1. The van der Waals surface area contributed by atoms with Gasteiger partial charge in [-0.3, -0.25) is 4.79 Å². The predicted octanol–water partition coefficient (Wildman–Crippen LogP) is 1.49. The van der Waals surface area contributed by atoms with Gasteiger partial charge in [-0.05, 0) is 25.1 Å². The van der Waals surface area contributed by atoms with E-state index in [0.717, 1.165) is 0 Å². The van der Waals surface area contributed by atoms with Gasteiger partial charge in [0.2, 0.25) is 10.0 Å². The second-order valence-corrected chi connectivity index (χ2v) is 7.19. The number of hydrogen-bond acceptors (Lipinski definition) is 5. The van der Waals surface area contributed by atoms with Gasteiger partial charge in [0.05, 0.1) is 13.7 Å². The number of benzene rings is 1. The Hall–Kier alpha value is -1.64. The van der Waals surface area contributed by atoms with E-state index in [9.17, 15) is 13.2 Å². The van der Waals surface area contributed by atoms with E-state index >= 15 is 0 Å². The maximum absolute atomic E-state index is 12.8. The summed E-state index contributed by atoms with van der Waals surface area (Å²) in [4.78, 5) is 12.3. The smallest absolute Gasteiger partial charge is 0.251 e. The molecule has 1 N–H and O–H groups in total. The van der Waals surface area contributed by atoms with E-state index in [-0.39, 0.29) is 28.2 Å². The molecule has 0 aromatic heterocycles. The van der Waals surface area contributed by atoms with Crippen LogP contribution in [0.3, 0.4) is 0 Å². The highest BCUT2D eigenvalue weighted by molar-refractivity contribution is 7.89. The Morgan fingerprint density at radius 1 is 1.25 bits per heavy atom. The van der Waals surface area contributed by atoms with Gasteiger partial charge in [0.1, 0.15) is 10.6 Å². The van der Waals surface area contributed by atoms with Gasteiger partial charge < -0.3 is 14.8 Å². The first kappa shape index (κ1) is 20.4. The Labute approximate surface area is 144 Å². The van der Waals surface area contributed by atoms with Crippen LogP contribution in [0.2, 0.25) is 0 Å². The number of carbonyl (C=O) groups excluding carboxylic acids is 1. The van der Waals surface area contributed by atoms with Crippen LogP contribution in [0.4, 0.5) is 0 Å². The summed E-state index contributed by atoms with van der Waals surface area (Å²) in [6.07, 6.45) is 0. The number of nitrogens with one attached hydrogen (secondary N) is 1. The quantitative estimate of drug-likeness (QED) is 0.723. The number of methoxy groups -OCH3 is 2. The molecule has 0 saturated carbocycles. The monoisotopic (exact) mass is 358 g/mol. The molecule has 136 valence electrons. The molecule has 1 atom stereocenters. The van der Waals surface area contributed by atoms with Gasteiger partial charge in [-0.15, -0.1) is 0 Å². The lowest BCUT2D eigenvalue weighted by Crippen LogP contribution is -2.36. The molecule has 0 spiro atoms. The fourth-order valence-electron chi connectivity index (χ4n) is 2.32. The normalized spacial score (nSPS) is 12.9. The number of ether oxygens (including phenoxy) is 2. The van der Waals surface area contributed by atoms with Crippen LogP contribution in [0.5, 0.6) is 5.75 Å². The van der Waals surface area contributed by atoms with Gasteiger partial charge in [0.25, 0.3) is 5.91 Å². The summed E-state index contributed by atoms with van der Waals surface area (Å²) in [7, 11) is -0.789. The molecule has 0 aliphatic carbocycles. The summed E-state index contributed by atoms with van der Waals surface area (Å²) in [6.45, 7) is 6.37. The molecule has 7 nitrogen and oxygen atoms in total. The highest BCUT2D eigenvalue weighted by Gasteiger charge is 2.27. The van der Waals surface area contributed by atoms with E-state index in [1.807, 2.05) is 0 Å². The van der Waals surface area contributed by atoms with E-state index in [1.165, 1.54) is 29.6 Å². The van der Waals surface area contributed by atoms with E-state index in [0.29, 0.717) is 19.7 Å². The Morgan fingerprint density at radius 2 is 1.88 bits per heavy atom. The molecular weight excluding hydrogens is 332 g/mol. The summed E-state index contributed by atoms with van der Waals surface area (Å²) in [6, 6.07) is 4.19. The molecule has 0 aliphatic heterocycles. The number of sulfonamides is 1. The van der Waals surface area contributed by atoms with Gasteiger partial charge in [-0.2, -0.15) is 4.31 Å². The minimum Gasteiger partial charge on any atom is -0.495 e. The Balaban J connectivity index is 3.24. The second kappa shape index (κ2) is 9.00. The van der Waals surface area contributed by atoms with Crippen molar-refractivity contribution in [3.05, 3.63) is 23.8 Å². The molecular formula is C16H26N2O5S. The van der Waals surface area contributed by atoms with Gasteiger partial charge >= 0.3 is 0 Å². The zero-order valence-corrected chi connectivity index (χ0v) is 15.6. The average molecular weight is 358 g/mol. The van der Waals surface area contributed by atoms with E-state index < -0.39 is 10.0 Å². The third-order valence-corrected chi connectivity index (χ3v) is 5.61. The molecule has 8 heteroatoms. The van der Waals surface area contributed by atoms with Crippen LogP contribution >= 0.6 is 0 Å². The summed E-state index contributed by atoms with van der Waals surface area (Å²) >= 11 is 0. The van der Waals surface area contributed by atoms with E-state index in [1.54, 1.807) is 27.9 Å². The van der Waals surface area contributed by atoms with Gasteiger partial charge in [-0.25, -0.2) is 8.42 Å². The first-order chi connectivity index (χ1) is 11.3. The van der Waals surface area contributed by atoms with Crippen LogP contribution in [-0.2, 0) is 14.8 Å². The van der Waals surface area contributed by atoms with Crippen LogP contribution in [-0.4, -0.2) is 58.6 Å². The van der Waals surface area contributed by atoms with Crippen molar-refractivity contribution in [3.63, 3.8) is 0 Å². The van der Waals surface area contributed by atoms with Crippen molar-refractivity contribution in [2.45, 2.75) is 31.7 Å². The van der Waals surface area contributed by atoms with Crippen molar-refractivity contribution in [1.82, 2.24) is 9.62 Å². The van der Waals surface area contributed by atoms with Crippen LogP contribution in [0, 0.1) is 0 Å². The summed E-state index contributed by atoms with van der Waals surface area (Å²) in [5, 5.41) is 2.76. The highest BCUT2D eigenvalue weighted by Crippen LogP contribution is 2.27. The minimum atomic E-state index is -3.74. The molecule has 0 radical (unpaired) electrons. The zero-order chi connectivity index (χ0) is 18.3. The molecule has 24 heavy (non-hydrogen) atoms. The second-order valence-electron chi connectivity index (χ2n) is 5.28. The molecule has 0 unspecified atom stereocenters. The average Bonchev–Trinajstić information content (AvgIpc) is 2.55. The Kier molecular flexibility index (Phi) is 7.65.